The molecule has 3 heteroatoms. The summed E-state index contributed by atoms with van der Waals surface area (Å²) < 4.78 is 6.09. The van der Waals surface area contributed by atoms with Gasteiger partial charge in [0.15, 0.2) is 8.32 Å². The second-order valence-electron chi connectivity index (χ2n) is 6.79. The first-order chi connectivity index (χ1) is 7.16. The Bertz CT molecular complexity index is 227. The highest BCUT2D eigenvalue weighted by atomic mass is 28.4. The van der Waals surface area contributed by atoms with Crippen LogP contribution in [0.2, 0.25) is 18.1 Å². The van der Waals surface area contributed by atoms with E-state index in [1.165, 1.54) is 0 Å². The number of unbranched alkanes of at least 4 members (excludes halogenated alkanes) is 1. The van der Waals surface area contributed by atoms with E-state index < -0.39 is 8.32 Å². The number of hydrogen-bond donors (Lipinski definition) is 1. The minimum absolute atomic E-state index is 0.281. The summed E-state index contributed by atoms with van der Waals surface area (Å²) in [6.45, 7) is 12.3. The van der Waals surface area contributed by atoms with Crippen LogP contribution in [0, 0.1) is 0 Å². The molecular formula is C13H28O2Si. The highest BCUT2D eigenvalue weighted by Crippen LogP contribution is 2.40. The first-order valence-electron chi connectivity index (χ1n) is 6.53. The Labute approximate surface area is 102 Å². The van der Waals surface area contributed by atoms with Crippen LogP contribution in [0.3, 0.4) is 0 Å². The van der Waals surface area contributed by atoms with Crippen molar-refractivity contribution in [3.63, 3.8) is 0 Å². The van der Waals surface area contributed by atoms with Gasteiger partial charge in [0.05, 0.1) is 5.60 Å². The summed E-state index contributed by atoms with van der Waals surface area (Å²) in [5.41, 5.74) is -0.281. The Hall–Kier alpha value is 0.137. The first kappa shape index (κ1) is 14.2. The van der Waals surface area contributed by atoms with Gasteiger partial charge < -0.3 is 9.53 Å². The predicted octanol–water partition coefficient (Wildman–Crippen LogP) is 3.70. The molecule has 0 unspecified atom stereocenters. The van der Waals surface area contributed by atoms with E-state index in [9.17, 15) is 5.11 Å². The Morgan fingerprint density at radius 2 is 1.75 bits per heavy atom. The quantitative estimate of drug-likeness (QED) is 0.570. The van der Waals surface area contributed by atoms with E-state index in [-0.39, 0.29) is 5.60 Å². The summed E-state index contributed by atoms with van der Waals surface area (Å²) in [7, 11) is -1.55. The maximum absolute atomic E-state index is 9.69. The van der Waals surface area contributed by atoms with E-state index in [1.54, 1.807) is 0 Å². The molecular weight excluding hydrogens is 216 g/mol. The van der Waals surface area contributed by atoms with Crippen LogP contribution in [0.25, 0.3) is 0 Å². The van der Waals surface area contributed by atoms with Crippen LogP contribution >= 0.6 is 0 Å². The van der Waals surface area contributed by atoms with Gasteiger partial charge in [-0.2, -0.15) is 0 Å². The van der Waals surface area contributed by atoms with Gasteiger partial charge in [-0.25, -0.2) is 0 Å². The molecule has 0 bridgehead atoms. The second kappa shape index (κ2) is 4.79. The molecule has 0 atom stereocenters. The lowest BCUT2D eigenvalue weighted by atomic mass is 10.1. The van der Waals surface area contributed by atoms with Gasteiger partial charge in [0.25, 0.3) is 0 Å². The largest absolute Gasteiger partial charge is 0.417 e. The molecule has 0 aromatic rings. The molecule has 1 N–H and O–H groups in total. The fourth-order valence-corrected chi connectivity index (χ4v) is 2.58. The van der Waals surface area contributed by atoms with Crippen molar-refractivity contribution in [1.82, 2.24) is 0 Å². The Kier molecular flexibility index (Phi) is 4.25. The fraction of sp³-hybridized carbons (Fsp3) is 1.00. The van der Waals surface area contributed by atoms with Gasteiger partial charge in [0, 0.05) is 6.61 Å². The number of rotatable bonds is 6. The van der Waals surface area contributed by atoms with Gasteiger partial charge in [-0.3, -0.25) is 0 Å². The lowest BCUT2D eigenvalue weighted by Gasteiger charge is -2.36. The highest BCUT2D eigenvalue weighted by molar-refractivity contribution is 6.74. The molecule has 0 amide bonds. The van der Waals surface area contributed by atoms with E-state index in [2.05, 4.69) is 33.9 Å². The van der Waals surface area contributed by atoms with Crippen molar-refractivity contribution in [1.29, 1.82) is 0 Å². The predicted molar refractivity (Wildman–Crippen MR) is 71.2 cm³/mol. The average Bonchev–Trinajstić information content (AvgIpc) is 2.81. The van der Waals surface area contributed by atoms with Crippen LogP contribution in [0.5, 0.6) is 0 Å². The van der Waals surface area contributed by atoms with Gasteiger partial charge in [-0.15, -0.1) is 0 Å². The third-order valence-electron chi connectivity index (χ3n) is 4.13. The topological polar surface area (TPSA) is 29.5 Å². The monoisotopic (exact) mass is 244 g/mol. The smallest absolute Gasteiger partial charge is 0.191 e. The summed E-state index contributed by atoms with van der Waals surface area (Å²) >= 11 is 0. The Balaban J connectivity index is 2.10. The van der Waals surface area contributed by atoms with E-state index >= 15 is 0 Å². The zero-order chi connectivity index (χ0) is 12.4. The van der Waals surface area contributed by atoms with E-state index in [0.717, 1.165) is 38.7 Å². The summed E-state index contributed by atoms with van der Waals surface area (Å²) in [6, 6.07) is 0. The maximum atomic E-state index is 9.69. The molecule has 0 aliphatic heterocycles. The van der Waals surface area contributed by atoms with Gasteiger partial charge in [-0.1, -0.05) is 20.8 Å². The Morgan fingerprint density at radius 1 is 1.19 bits per heavy atom. The summed E-state index contributed by atoms with van der Waals surface area (Å²) in [4.78, 5) is 0. The molecule has 1 rings (SSSR count). The molecule has 1 saturated carbocycles. The van der Waals surface area contributed by atoms with Crippen molar-refractivity contribution < 1.29 is 9.53 Å². The summed E-state index contributed by atoms with van der Waals surface area (Å²) in [6.07, 6.45) is 5.18. The minimum atomic E-state index is -1.55. The maximum Gasteiger partial charge on any atom is 0.191 e. The molecule has 0 radical (unpaired) electrons. The molecule has 0 heterocycles. The van der Waals surface area contributed by atoms with Gasteiger partial charge in [0.1, 0.15) is 0 Å². The molecule has 96 valence electrons. The molecule has 1 aliphatic carbocycles. The van der Waals surface area contributed by atoms with Crippen molar-refractivity contribution in [3.8, 4) is 0 Å². The van der Waals surface area contributed by atoms with Gasteiger partial charge in [-0.05, 0) is 50.2 Å². The van der Waals surface area contributed by atoms with Crippen molar-refractivity contribution in [2.24, 2.45) is 0 Å². The normalized spacial score (nSPS) is 19.9. The zero-order valence-corrected chi connectivity index (χ0v) is 12.6. The average molecular weight is 244 g/mol. The Morgan fingerprint density at radius 3 is 2.19 bits per heavy atom. The van der Waals surface area contributed by atoms with E-state index in [1.807, 2.05) is 0 Å². The molecule has 0 spiro atoms. The van der Waals surface area contributed by atoms with E-state index in [4.69, 9.17) is 4.43 Å². The molecule has 0 saturated heterocycles. The number of hydrogen-bond acceptors (Lipinski definition) is 2. The van der Waals surface area contributed by atoms with Crippen molar-refractivity contribution in [3.05, 3.63) is 0 Å². The molecule has 1 fully saturated rings. The van der Waals surface area contributed by atoms with Gasteiger partial charge in [0.2, 0.25) is 0 Å². The third-order valence-corrected chi connectivity index (χ3v) is 8.67. The SMILES string of the molecule is CC(C)(C)[Si](C)(C)OCCCCC1(O)CC1. The minimum Gasteiger partial charge on any atom is -0.417 e. The van der Waals surface area contributed by atoms with E-state index in [0.29, 0.717) is 5.04 Å². The standard InChI is InChI=1S/C13H28O2Si/c1-12(2,3)16(4,5)15-11-7-6-8-13(14)9-10-13/h14H,6-11H2,1-5H3. The van der Waals surface area contributed by atoms with Crippen LogP contribution in [-0.4, -0.2) is 25.6 Å². The van der Waals surface area contributed by atoms with Crippen LogP contribution < -0.4 is 0 Å². The molecule has 2 nitrogen and oxygen atoms in total. The van der Waals surface area contributed by atoms with Crippen molar-refractivity contribution in [2.75, 3.05) is 6.61 Å². The van der Waals surface area contributed by atoms with Crippen LogP contribution in [0.1, 0.15) is 52.9 Å². The van der Waals surface area contributed by atoms with Crippen LogP contribution in [0.4, 0.5) is 0 Å². The molecule has 0 aromatic carbocycles. The zero-order valence-electron chi connectivity index (χ0n) is 11.6. The fourth-order valence-electron chi connectivity index (χ4n) is 1.49. The molecule has 1 aliphatic rings. The van der Waals surface area contributed by atoms with Crippen molar-refractivity contribution >= 4 is 8.32 Å². The lowest BCUT2D eigenvalue weighted by molar-refractivity contribution is 0.134. The third kappa shape index (κ3) is 4.19. The molecule has 0 aromatic heterocycles. The molecule has 16 heavy (non-hydrogen) atoms. The van der Waals surface area contributed by atoms with Gasteiger partial charge >= 0.3 is 0 Å². The first-order valence-corrected chi connectivity index (χ1v) is 9.44. The summed E-state index contributed by atoms with van der Waals surface area (Å²) in [5, 5.41) is 9.99. The van der Waals surface area contributed by atoms with Crippen LogP contribution in [0.15, 0.2) is 0 Å². The highest BCUT2D eigenvalue weighted by Gasteiger charge is 2.39. The van der Waals surface area contributed by atoms with Crippen LogP contribution in [-0.2, 0) is 4.43 Å². The second-order valence-corrected chi connectivity index (χ2v) is 11.6. The summed E-state index contributed by atoms with van der Waals surface area (Å²) in [5.74, 6) is 0. The lowest BCUT2D eigenvalue weighted by Crippen LogP contribution is -2.40. The van der Waals surface area contributed by atoms with Crippen molar-refractivity contribution in [2.45, 2.75) is 76.6 Å². The number of aliphatic hydroxyl groups is 1.